The van der Waals surface area contributed by atoms with Crippen LogP contribution in [0.3, 0.4) is 0 Å². The average Bonchev–Trinajstić information content (AvgIpc) is 2.57. The Balaban J connectivity index is 2.14. The second-order valence-corrected chi connectivity index (χ2v) is 4.21. The van der Waals surface area contributed by atoms with Crippen LogP contribution < -0.4 is 15.2 Å². The minimum absolute atomic E-state index is 0.235. The lowest BCUT2D eigenvalue weighted by Gasteiger charge is -2.14. The summed E-state index contributed by atoms with van der Waals surface area (Å²) in [5, 5.41) is 0. The predicted octanol–water partition coefficient (Wildman–Crippen LogP) is 2.03. The second-order valence-electron chi connectivity index (χ2n) is 4.21. The van der Waals surface area contributed by atoms with Crippen LogP contribution in [0.15, 0.2) is 36.5 Å². The topological polar surface area (TPSA) is 57.4 Å². The van der Waals surface area contributed by atoms with Gasteiger partial charge in [0.2, 0.25) is 0 Å². The number of ether oxygens (including phenoxy) is 2. The molecule has 2 N–H and O–H groups in total. The first-order valence-corrected chi connectivity index (χ1v) is 5.79. The van der Waals surface area contributed by atoms with Gasteiger partial charge in [-0.1, -0.05) is 6.07 Å². The van der Waals surface area contributed by atoms with E-state index < -0.39 is 0 Å². The Morgan fingerprint density at radius 3 is 3.06 bits per heavy atom. The molecular weight excluding hydrogens is 228 g/mol. The summed E-state index contributed by atoms with van der Waals surface area (Å²) in [6.07, 6.45) is 1.76. The smallest absolute Gasteiger partial charge is 0.131 e. The summed E-state index contributed by atoms with van der Waals surface area (Å²) in [6.45, 7) is 0.448. The van der Waals surface area contributed by atoms with Crippen molar-refractivity contribution >= 4 is 0 Å². The first kappa shape index (κ1) is 11.0. The number of benzene rings is 1. The zero-order chi connectivity index (χ0) is 12.5. The summed E-state index contributed by atoms with van der Waals surface area (Å²) in [7, 11) is 1.64. The first-order valence-electron chi connectivity index (χ1n) is 5.79. The molecule has 4 heteroatoms. The van der Waals surface area contributed by atoms with E-state index in [1.165, 1.54) is 0 Å². The molecule has 0 amide bonds. The van der Waals surface area contributed by atoms with Crippen molar-refractivity contribution in [2.75, 3.05) is 7.11 Å². The minimum Gasteiger partial charge on any atom is -0.497 e. The molecular formula is C14H14N2O2. The van der Waals surface area contributed by atoms with Crippen molar-refractivity contribution in [3.8, 4) is 11.5 Å². The molecule has 1 aliphatic rings. The number of pyridine rings is 1. The van der Waals surface area contributed by atoms with E-state index in [4.69, 9.17) is 15.2 Å². The number of methoxy groups -OCH3 is 1. The van der Waals surface area contributed by atoms with Crippen LogP contribution in [-0.2, 0) is 6.61 Å². The van der Waals surface area contributed by atoms with E-state index in [1.807, 2.05) is 30.3 Å². The maximum atomic E-state index is 6.31. The third-order valence-corrected chi connectivity index (χ3v) is 3.18. The molecule has 2 aromatic rings. The summed E-state index contributed by atoms with van der Waals surface area (Å²) >= 11 is 0. The largest absolute Gasteiger partial charge is 0.497 e. The Labute approximate surface area is 105 Å². The van der Waals surface area contributed by atoms with Gasteiger partial charge in [-0.2, -0.15) is 0 Å². The van der Waals surface area contributed by atoms with Crippen molar-refractivity contribution in [3.05, 3.63) is 53.3 Å². The van der Waals surface area contributed by atoms with Gasteiger partial charge in [0.15, 0.2) is 0 Å². The van der Waals surface area contributed by atoms with Gasteiger partial charge in [0.25, 0.3) is 0 Å². The number of hydrogen-bond acceptors (Lipinski definition) is 4. The lowest BCUT2D eigenvalue weighted by molar-refractivity contribution is 0.301. The Hall–Kier alpha value is -2.07. The minimum atomic E-state index is -0.235. The molecule has 0 spiro atoms. The van der Waals surface area contributed by atoms with Gasteiger partial charge >= 0.3 is 0 Å². The zero-order valence-electron chi connectivity index (χ0n) is 10.1. The van der Waals surface area contributed by atoms with E-state index in [1.54, 1.807) is 13.3 Å². The van der Waals surface area contributed by atoms with Gasteiger partial charge in [-0.25, -0.2) is 0 Å². The van der Waals surface area contributed by atoms with Crippen molar-refractivity contribution in [2.45, 2.75) is 12.6 Å². The van der Waals surface area contributed by atoms with Crippen LogP contribution in [0.4, 0.5) is 0 Å². The van der Waals surface area contributed by atoms with E-state index in [0.29, 0.717) is 6.61 Å². The highest BCUT2D eigenvalue weighted by molar-refractivity contribution is 5.48. The third kappa shape index (κ3) is 1.71. The fourth-order valence-corrected chi connectivity index (χ4v) is 2.20. The highest BCUT2D eigenvalue weighted by atomic mass is 16.5. The summed E-state index contributed by atoms with van der Waals surface area (Å²) in [5.74, 6) is 1.57. The van der Waals surface area contributed by atoms with Crippen LogP contribution in [0.5, 0.6) is 11.5 Å². The fourth-order valence-electron chi connectivity index (χ4n) is 2.20. The normalized spacial score (nSPS) is 17.1. The summed E-state index contributed by atoms with van der Waals surface area (Å²) in [6, 6.07) is 9.33. The molecule has 1 atom stereocenters. The average molecular weight is 242 g/mol. The first-order chi connectivity index (χ1) is 8.79. The molecule has 2 heterocycles. The molecule has 0 radical (unpaired) electrons. The number of nitrogens with zero attached hydrogens (tertiary/aromatic N) is 1. The fraction of sp³-hybridized carbons (Fsp3) is 0.214. The van der Waals surface area contributed by atoms with Crippen molar-refractivity contribution in [1.82, 2.24) is 4.98 Å². The quantitative estimate of drug-likeness (QED) is 0.831. The molecule has 0 bridgehead atoms. The van der Waals surface area contributed by atoms with Gasteiger partial charge in [0.1, 0.15) is 18.1 Å². The molecule has 92 valence electrons. The second kappa shape index (κ2) is 4.31. The van der Waals surface area contributed by atoms with Gasteiger partial charge < -0.3 is 15.2 Å². The van der Waals surface area contributed by atoms with Gasteiger partial charge in [-0.3, -0.25) is 4.98 Å². The van der Waals surface area contributed by atoms with Gasteiger partial charge in [0, 0.05) is 11.8 Å². The maximum Gasteiger partial charge on any atom is 0.131 e. The lowest BCUT2D eigenvalue weighted by Crippen LogP contribution is -2.13. The molecule has 0 saturated carbocycles. The molecule has 18 heavy (non-hydrogen) atoms. The zero-order valence-corrected chi connectivity index (χ0v) is 10.1. The number of nitrogens with two attached hydrogens (primary N) is 1. The van der Waals surface area contributed by atoms with E-state index >= 15 is 0 Å². The monoisotopic (exact) mass is 242 g/mol. The molecule has 0 fully saturated rings. The number of fused-ring (bicyclic) bond motifs is 2. The molecule has 1 aliphatic heterocycles. The highest BCUT2D eigenvalue weighted by Gasteiger charge is 2.22. The lowest BCUT2D eigenvalue weighted by atomic mass is 9.98. The van der Waals surface area contributed by atoms with Crippen molar-refractivity contribution in [1.29, 1.82) is 0 Å². The molecule has 4 nitrogen and oxygen atoms in total. The van der Waals surface area contributed by atoms with E-state index in [9.17, 15) is 0 Å². The molecule has 0 saturated heterocycles. The molecule has 1 aromatic carbocycles. The molecule has 3 rings (SSSR count). The van der Waals surface area contributed by atoms with E-state index in [2.05, 4.69) is 4.98 Å². The number of hydrogen-bond donors (Lipinski definition) is 1. The van der Waals surface area contributed by atoms with Crippen molar-refractivity contribution in [3.63, 3.8) is 0 Å². The van der Waals surface area contributed by atoms with Crippen molar-refractivity contribution < 1.29 is 9.47 Å². The Kier molecular flexibility index (Phi) is 2.64. The number of rotatable bonds is 1. The molecule has 1 aromatic heterocycles. The predicted molar refractivity (Wildman–Crippen MR) is 67.6 cm³/mol. The summed E-state index contributed by atoms with van der Waals surface area (Å²) in [4.78, 5) is 4.32. The Morgan fingerprint density at radius 1 is 1.33 bits per heavy atom. The van der Waals surface area contributed by atoms with Crippen LogP contribution in [0.1, 0.15) is 22.9 Å². The Bertz CT molecular complexity index is 584. The van der Waals surface area contributed by atoms with Crippen LogP contribution in [0, 0.1) is 0 Å². The Morgan fingerprint density at radius 2 is 2.22 bits per heavy atom. The van der Waals surface area contributed by atoms with Crippen LogP contribution in [0.2, 0.25) is 0 Å². The van der Waals surface area contributed by atoms with E-state index in [0.717, 1.165) is 28.3 Å². The van der Waals surface area contributed by atoms with Crippen LogP contribution in [-0.4, -0.2) is 12.1 Å². The van der Waals surface area contributed by atoms with Crippen molar-refractivity contribution in [2.24, 2.45) is 5.73 Å². The van der Waals surface area contributed by atoms with Gasteiger partial charge in [0.05, 0.1) is 18.8 Å². The van der Waals surface area contributed by atoms with E-state index in [-0.39, 0.29) is 6.04 Å². The molecule has 0 aliphatic carbocycles. The van der Waals surface area contributed by atoms with Crippen LogP contribution in [0.25, 0.3) is 0 Å². The third-order valence-electron chi connectivity index (χ3n) is 3.18. The number of aromatic nitrogens is 1. The van der Waals surface area contributed by atoms with Gasteiger partial charge in [-0.05, 0) is 29.8 Å². The molecule has 0 unspecified atom stereocenters. The summed E-state index contributed by atoms with van der Waals surface area (Å²) in [5.41, 5.74) is 9.13. The standard InChI is InChI=1S/C14H14N2O2/c1-17-9-4-5-13-11(7-9)14(15)10-3-2-6-16-12(10)8-18-13/h2-7,14H,8,15H2,1H3/t14-/m1/s1. The maximum absolute atomic E-state index is 6.31. The SMILES string of the molecule is COc1ccc2c(c1)[C@H](N)c1cccnc1CO2. The van der Waals surface area contributed by atoms with Crippen LogP contribution >= 0.6 is 0 Å². The van der Waals surface area contributed by atoms with Gasteiger partial charge in [-0.15, -0.1) is 0 Å². The summed E-state index contributed by atoms with van der Waals surface area (Å²) < 4.78 is 11.0. The highest BCUT2D eigenvalue weighted by Crippen LogP contribution is 2.35.